The van der Waals surface area contributed by atoms with Crippen LogP contribution in [0.5, 0.6) is 0 Å². The molecule has 3 heteroatoms. The number of hydrogen-bond acceptors (Lipinski definition) is 2. The van der Waals surface area contributed by atoms with E-state index in [4.69, 9.17) is 0 Å². The molecule has 0 bridgehead atoms. The molecule has 1 unspecified atom stereocenters. The lowest BCUT2D eigenvalue weighted by Crippen LogP contribution is -2.49. The largest absolute Gasteiger partial charge is 0.338 e. The molecular formula is C11H20N2O. The van der Waals surface area contributed by atoms with Gasteiger partial charge in [-0.15, -0.1) is 0 Å². The molecule has 14 heavy (non-hydrogen) atoms. The van der Waals surface area contributed by atoms with Crippen molar-refractivity contribution in [2.45, 2.75) is 38.6 Å². The standard InChI is InChI=1S/C11H20N2O/c1-2-13(11(14)9-5-6-9)10-4-3-7-12-8-10/h9-10,12H,2-8H2,1H3. The van der Waals surface area contributed by atoms with Crippen molar-refractivity contribution >= 4 is 5.91 Å². The van der Waals surface area contributed by atoms with Crippen LogP contribution in [0.4, 0.5) is 0 Å². The zero-order valence-electron chi connectivity index (χ0n) is 8.96. The van der Waals surface area contributed by atoms with E-state index in [1.807, 2.05) is 0 Å². The van der Waals surface area contributed by atoms with Crippen LogP contribution in [-0.4, -0.2) is 36.5 Å². The van der Waals surface area contributed by atoms with E-state index in [0.717, 1.165) is 32.5 Å². The molecule has 1 aliphatic heterocycles. The molecular weight excluding hydrogens is 176 g/mol. The van der Waals surface area contributed by atoms with Gasteiger partial charge >= 0.3 is 0 Å². The smallest absolute Gasteiger partial charge is 0.225 e. The van der Waals surface area contributed by atoms with E-state index < -0.39 is 0 Å². The maximum atomic E-state index is 11.9. The van der Waals surface area contributed by atoms with Gasteiger partial charge in [-0.05, 0) is 39.2 Å². The predicted molar refractivity (Wildman–Crippen MR) is 56.0 cm³/mol. The number of likely N-dealkylation sites (N-methyl/N-ethyl adjacent to an activating group) is 1. The van der Waals surface area contributed by atoms with E-state index in [0.29, 0.717) is 17.9 Å². The fourth-order valence-corrected chi connectivity index (χ4v) is 2.26. The number of nitrogens with zero attached hydrogens (tertiary/aromatic N) is 1. The molecule has 3 nitrogen and oxygen atoms in total. The third-order valence-electron chi connectivity index (χ3n) is 3.26. The van der Waals surface area contributed by atoms with E-state index in [-0.39, 0.29) is 0 Å². The van der Waals surface area contributed by atoms with E-state index in [1.54, 1.807) is 0 Å². The fraction of sp³-hybridized carbons (Fsp3) is 0.909. The highest BCUT2D eigenvalue weighted by molar-refractivity contribution is 5.81. The first kappa shape index (κ1) is 9.97. The van der Waals surface area contributed by atoms with Crippen molar-refractivity contribution in [1.82, 2.24) is 10.2 Å². The predicted octanol–water partition coefficient (Wildman–Crippen LogP) is 0.997. The Morgan fingerprint density at radius 3 is 2.71 bits per heavy atom. The Balaban J connectivity index is 1.92. The van der Waals surface area contributed by atoms with Gasteiger partial charge in [0.25, 0.3) is 0 Å². The molecule has 1 N–H and O–H groups in total. The third-order valence-corrected chi connectivity index (χ3v) is 3.26. The van der Waals surface area contributed by atoms with Crippen LogP contribution in [0.15, 0.2) is 0 Å². The van der Waals surface area contributed by atoms with Gasteiger partial charge in [-0.25, -0.2) is 0 Å². The molecule has 2 rings (SSSR count). The monoisotopic (exact) mass is 196 g/mol. The molecule has 80 valence electrons. The molecule has 1 amide bonds. The molecule has 1 atom stereocenters. The molecule has 0 spiro atoms. The second-order valence-corrected chi connectivity index (χ2v) is 4.40. The molecule has 2 fully saturated rings. The highest BCUT2D eigenvalue weighted by atomic mass is 16.2. The first-order valence-corrected chi connectivity index (χ1v) is 5.84. The average molecular weight is 196 g/mol. The van der Waals surface area contributed by atoms with Crippen molar-refractivity contribution in [1.29, 1.82) is 0 Å². The Kier molecular flexibility index (Phi) is 3.06. The number of nitrogens with one attached hydrogen (secondary N) is 1. The average Bonchev–Trinajstić information content (AvgIpc) is 3.03. The summed E-state index contributed by atoms with van der Waals surface area (Å²) >= 11 is 0. The summed E-state index contributed by atoms with van der Waals surface area (Å²) < 4.78 is 0. The van der Waals surface area contributed by atoms with Gasteiger partial charge in [0.15, 0.2) is 0 Å². The van der Waals surface area contributed by atoms with E-state index >= 15 is 0 Å². The summed E-state index contributed by atoms with van der Waals surface area (Å²) in [6, 6.07) is 0.460. The van der Waals surface area contributed by atoms with Gasteiger partial charge in [-0.2, -0.15) is 0 Å². The van der Waals surface area contributed by atoms with Crippen LogP contribution < -0.4 is 5.32 Å². The van der Waals surface area contributed by atoms with E-state index in [9.17, 15) is 4.79 Å². The molecule has 0 aromatic carbocycles. The molecule has 0 radical (unpaired) electrons. The molecule has 0 aromatic rings. The van der Waals surface area contributed by atoms with Crippen LogP contribution in [0.3, 0.4) is 0 Å². The Morgan fingerprint density at radius 2 is 2.21 bits per heavy atom. The molecule has 1 aliphatic carbocycles. The lowest BCUT2D eigenvalue weighted by Gasteiger charge is -2.34. The Bertz CT molecular complexity index is 207. The highest BCUT2D eigenvalue weighted by Gasteiger charge is 2.35. The van der Waals surface area contributed by atoms with Crippen molar-refractivity contribution < 1.29 is 4.79 Å². The maximum absolute atomic E-state index is 11.9. The van der Waals surface area contributed by atoms with Crippen molar-refractivity contribution in [3.63, 3.8) is 0 Å². The van der Waals surface area contributed by atoms with Crippen LogP contribution in [0.25, 0.3) is 0 Å². The Hall–Kier alpha value is -0.570. The molecule has 2 aliphatic rings. The van der Waals surface area contributed by atoms with Gasteiger partial charge in [0.1, 0.15) is 0 Å². The van der Waals surface area contributed by atoms with Gasteiger partial charge in [0.05, 0.1) is 0 Å². The maximum Gasteiger partial charge on any atom is 0.225 e. The van der Waals surface area contributed by atoms with E-state index in [1.165, 1.54) is 12.8 Å². The highest BCUT2D eigenvalue weighted by Crippen LogP contribution is 2.32. The summed E-state index contributed by atoms with van der Waals surface area (Å²) in [5.41, 5.74) is 0. The van der Waals surface area contributed by atoms with Crippen LogP contribution >= 0.6 is 0 Å². The number of amides is 1. The number of piperidine rings is 1. The summed E-state index contributed by atoms with van der Waals surface area (Å²) in [6.07, 6.45) is 4.63. The van der Waals surface area contributed by atoms with Crippen LogP contribution in [-0.2, 0) is 4.79 Å². The summed E-state index contributed by atoms with van der Waals surface area (Å²) in [4.78, 5) is 14.0. The van der Waals surface area contributed by atoms with Gasteiger partial charge in [0.2, 0.25) is 5.91 Å². The number of hydrogen-bond donors (Lipinski definition) is 1. The molecule has 1 saturated heterocycles. The fourth-order valence-electron chi connectivity index (χ4n) is 2.26. The second-order valence-electron chi connectivity index (χ2n) is 4.40. The van der Waals surface area contributed by atoms with Gasteiger partial charge < -0.3 is 10.2 Å². The Labute approximate surface area is 85.8 Å². The summed E-state index contributed by atoms with van der Waals surface area (Å²) in [7, 11) is 0. The normalized spacial score (nSPS) is 27.4. The van der Waals surface area contributed by atoms with Crippen LogP contribution in [0.1, 0.15) is 32.6 Å². The lowest BCUT2D eigenvalue weighted by molar-refractivity contribution is -0.135. The van der Waals surface area contributed by atoms with Crippen molar-refractivity contribution in [3.05, 3.63) is 0 Å². The second kappa shape index (κ2) is 4.30. The molecule has 1 saturated carbocycles. The summed E-state index contributed by atoms with van der Waals surface area (Å²) in [6.45, 7) is 5.08. The Morgan fingerprint density at radius 1 is 1.43 bits per heavy atom. The first-order valence-electron chi connectivity index (χ1n) is 5.84. The molecule has 0 aromatic heterocycles. The van der Waals surface area contributed by atoms with Crippen LogP contribution in [0.2, 0.25) is 0 Å². The number of carbonyl (C=O) groups is 1. The quantitative estimate of drug-likeness (QED) is 0.730. The third kappa shape index (κ3) is 2.08. The number of rotatable bonds is 3. The first-order chi connectivity index (χ1) is 6.83. The molecule has 1 heterocycles. The van der Waals surface area contributed by atoms with Crippen molar-refractivity contribution in [3.8, 4) is 0 Å². The zero-order valence-corrected chi connectivity index (χ0v) is 8.96. The minimum atomic E-state index is 0.372. The lowest BCUT2D eigenvalue weighted by atomic mass is 10.1. The topological polar surface area (TPSA) is 32.3 Å². The SMILES string of the molecule is CCN(C(=O)C1CC1)C1CCCNC1. The minimum absolute atomic E-state index is 0.372. The minimum Gasteiger partial charge on any atom is -0.338 e. The number of carbonyl (C=O) groups excluding carboxylic acids is 1. The zero-order chi connectivity index (χ0) is 9.97. The van der Waals surface area contributed by atoms with Crippen molar-refractivity contribution in [2.24, 2.45) is 5.92 Å². The van der Waals surface area contributed by atoms with Gasteiger partial charge in [0, 0.05) is 25.0 Å². The summed E-state index contributed by atoms with van der Waals surface area (Å²) in [5.74, 6) is 0.776. The summed E-state index contributed by atoms with van der Waals surface area (Å²) in [5, 5.41) is 3.37. The van der Waals surface area contributed by atoms with Gasteiger partial charge in [-0.3, -0.25) is 4.79 Å². The van der Waals surface area contributed by atoms with Crippen LogP contribution in [0, 0.1) is 5.92 Å². The van der Waals surface area contributed by atoms with E-state index in [2.05, 4.69) is 17.1 Å². The van der Waals surface area contributed by atoms with Crippen molar-refractivity contribution in [2.75, 3.05) is 19.6 Å². The van der Waals surface area contributed by atoms with Gasteiger partial charge in [-0.1, -0.05) is 0 Å².